The van der Waals surface area contributed by atoms with Crippen LogP contribution in [0.3, 0.4) is 0 Å². The second kappa shape index (κ2) is 12.0. The van der Waals surface area contributed by atoms with Crippen LogP contribution in [-0.2, 0) is 21.4 Å². The van der Waals surface area contributed by atoms with Gasteiger partial charge < -0.3 is 18.8 Å². The van der Waals surface area contributed by atoms with E-state index in [9.17, 15) is 19.2 Å². The number of carbonyl (C=O) groups excluding carboxylic acids is 4. The largest absolute Gasteiger partial charge is 0.491 e. The summed E-state index contributed by atoms with van der Waals surface area (Å²) in [6.45, 7) is 1.06. The van der Waals surface area contributed by atoms with Crippen molar-refractivity contribution in [3.63, 3.8) is 0 Å². The van der Waals surface area contributed by atoms with Gasteiger partial charge in [-0.25, -0.2) is 9.97 Å². The highest BCUT2D eigenvalue weighted by molar-refractivity contribution is 6.23. The fourth-order valence-corrected chi connectivity index (χ4v) is 5.76. The molecule has 1 aromatic carbocycles. The molecule has 1 fully saturated rings. The highest BCUT2D eigenvalue weighted by atomic mass is 16.5. The van der Waals surface area contributed by atoms with E-state index >= 15 is 0 Å². The van der Waals surface area contributed by atoms with E-state index in [4.69, 9.17) is 19.2 Å². The number of benzene rings is 1. The second-order valence-electron chi connectivity index (χ2n) is 10.9. The first-order valence-corrected chi connectivity index (χ1v) is 14.7. The normalized spacial score (nSPS) is 16.3. The predicted octanol–water partition coefficient (Wildman–Crippen LogP) is 3.06. The Morgan fingerprint density at radius 3 is 2.50 bits per heavy atom. The molecule has 0 radical (unpaired) electrons. The van der Waals surface area contributed by atoms with Crippen molar-refractivity contribution >= 4 is 45.6 Å². The summed E-state index contributed by atoms with van der Waals surface area (Å²) in [5.74, 6) is -1.37. The maximum Gasteiger partial charge on any atom is 0.262 e. The van der Waals surface area contributed by atoms with Crippen LogP contribution in [0.25, 0.3) is 33.2 Å². The first-order chi connectivity index (χ1) is 22.4. The van der Waals surface area contributed by atoms with Crippen molar-refractivity contribution < 1.29 is 33.4 Å². The summed E-state index contributed by atoms with van der Waals surface area (Å²) in [5, 5.41) is 4.29. The summed E-state index contributed by atoms with van der Waals surface area (Å²) >= 11 is 0. The lowest BCUT2D eigenvalue weighted by molar-refractivity contribution is -0.136. The van der Waals surface area contributed by atoms with E-state index in [1.165, 1.54) is 12.1 Å². The van der Waals surface area contributed by atoms with Crippen LogP contribution in [0.2, 0.25) is 0 Å². The zero-order valence-corrected chi connectivity index (χ0v) is 24.8. The lowest BCUT2D eigenvalue weighted by atomic mass is 10.0. The number of ether oxygens (including phenoxy) is 3. The number of aryl methyl sites for hydroxylation is 1. The van der Waals surface area contributed by atoms with E-state index in [0.717, 1.165) is 38.1 Å². The van der Waals surface area contributed by atoms with Crippen LogP contribution < -0.4 is 14.8 Å². The Labute approximate surface area is 262 Å². The molecule has 0 saturated carbocycles. The number of amides is 4. The number of nitrogens with zero attached hydrogens (tertiary/aromatic N) is 5. The Morgan fingerprint density at radius 1 is 0.870 bits per heavy atom. The molecule has 5 aromatic rings. The van der Waals surface area contributed by atoms with Crippen LogP contribution in [0.1, 0.15) is 33.6 Å². The third-order valence-electron chi connectivity index (χ3n) is 8.06. The van der Waals surface area contributed by atoms with Gasteiger partial charge in [-0.1, -0.05) is 0 Å². The van der Waals surface area contributed by atoms with E-state index in [-0.39, 0.29) is 43.8 Å². The first-order valence-electron chi connectivity index (χ1n) is 14.7. The van der Waals surface area contributed by atoms with Gasteiger partial charge in [0.2, 0.25) is 17.7 Å². The Hall–Kier alpha value is -5.69. The van der Waals surface area contributed by atoms with Gasteiger partial charge in [0.1, 0.15) is 30.7 Å². The van der Waals surface area contributed by atoms with Crippen molar-refractivity contribution in [2.75, 3.05) is 26.4 Å². The molecule has 4 aromatic heterocycles. The van der Waals surface area contributed by atoms with Crippen LogP contribution >= 0.6 is 0 Å². The van der Waals surface area contributed by atoms with Crippen LogP contribution in [0, 0.1) is 0 Å². The zero-order valence-electron chi connectivity index (χ0n) is 24.8. The molecule has 46 heavy (non-hydrogen) atoms. The molecule has 232 valence electrons. The minimum absolute atomic E-state index is 0.0618. The Morgan fingerprint density at radius 2 is 1.70 bits per heavy atom. The molecule has 1 saturated heterocycles. The topological polar surface area (TPSA) is 155 Å². The fraction of sp³-hybridized carbons (Fsp3) is 0.242. The van der Waals surface area contributed by atoms with Crippen molar-refractivity contribution in [1.82, 2.24) is 29.7 Å². The molecule has 13 heteroatoms. The summed E-state index contributed by atoms with van der Waals surface area (Å²) in [6.07, 6.45) is 5.51. The molecule has 2 aliphatic heterocycles. The highest BCUT2D eigenvalue weighted by Crippen LogP contribution is 2.31. The molecule has 1 unspecified atom stereocenters. The molecular weight excluding hydrogens is 592 g/mol. The number of hydrogen-bond donors (Lipinski definition) is 1. The highest BCUT2D eigenvalue weighted by Gasteiger charge is 2.44. The van der Waals surface area contributed by atoms with Crippen molar-refractivity contribution in [3.8, 4) is 22.9 Å². The maximum atomic E-state index is 13.0. The summed E-state index contributed by atoms with van der Waals surface area (Å²) in [5.41, 5.74) is 3.97. The average Bonchev–Trinajstić information content (AvgIpc) is 3.49. The molecule has 2 aliphatic rings. The number of piperidine rings is 1. The number of carbonyl (C=O) groups is 4. The molecule has 6 heterocycles. The minimum Gasteiger partial charge on any atom is -0.491 e. The molecule has 4 amide bonds. The SMILES string of the molecule is Cn1c2ccncc2c2ccc(-c3ccc(OCCOCCOc4ccc5c(c4)C(=O)N(C4CCC(=O)NC4=O)C5=O)nc3)nc21. The molecule has 7 rings (SSSR count). The van der Waals surface area contributed by atoms with E-state index in [1.54, 1.807) is 24.5 Å². The molecule has 0 bridgehead atoms. The quantitative estimate of drug-likeness (QED) is 0.182. The van der Waals surface area contributed by atoms with Gasteiger partial charge in [0, 0.05) is 54.5 Å². The summed E-state index contributed by atoms with van der Waals surface area (Å²) in [4.78, 5) is 63.9. The average molecular weight is 621 g/mol. The number of pyridine rings is 3. The van der Waals surface area contributed by atoms with E-state index < -0.39 is 29.7 Å². The van der Waals surface area contributed by atoms with Crippen LogP contribution in [-0.4, -0.2) is 80.5 Å². The molecule has 1 N–H and O–H groups in total. The van der Waals surface area contributed by atoms with Gasteiger partial charge in [-0.05, 0) is 48.9 Å². The number of hydrogen-bond acceptors (Lipinski definition) is 10. The molecule has 13 nitrogen and oxygen atoms in total. The number of rotatable bonds is 10. The Kier molecular flexibility index (Phi) is 7.58. The van der Waals surface area contributed by atoms with Crippen molar-refractivity contribution in [2.24, 2.45) is 7.05 Å². The summed E-state index contributed by atoms with van der Waals surface area (Å²) in [6, 6.07) is 13.2. The Balaban J connectivity index is 0.867. The zero-order chi connectivity index (χ0) is 31.8. The van der Waals surface area contributed by atoms with Crippen LogP contribution in [0.5, 0.6) is 11.6 Å². The standard InChI is InChI=1S/C33H28N6O7/c1-38-26-10-11-34-18-24(26)21-5-6-25(36-30(21)38)19-2-9-29(35-17-19)46-15-13-44-12-14-45-20-3-4-22-23(16-20)33(43)39(32(22)42)27-7-8-28(40)37-31(27)41/h2-6,9-11,16-18,27H,7-8,12-15H2,1H3,(H,37,40,41). The number of fused-ring (bicyclic) bond motifs is 4. The lowest BCUT2D eigenvalue weighted by Crippen LogP contribution is -2.54. The first kappa shape index (κ1) is 29.0. The third-order valence-corrected chi connectivity index (χ3v) is 8.06. The summed E-state index contributed by atoms with van der Waals surface area (Å²) < 4.78 is 19.1. The van der Waals surface area contributed by atoms with Gasteiger partial charge in [-0.3, -0.25) is 34.4 Å². The molecule has 1 atom stereocenters. The van der Waals surface area contributed by atoms with Crippen molar-refractivity contribution in [3.05, 3.63) is 78.2 Å². The molecular formula is C33H28N6O7. The second-order valence-corrected chi connectivity index (χ2v) is 10.9. The van der Waals surface area contributed by atoms with Gasteiger partial charge in [-0.2, -0.15) is 0 Å². The van der Waals surface area contributed by atoms with Crippen LogP contribution in [0.4, 0.5) is 0 Å². The number of aromatic nitrogens is 4. The smallest absolute Gasteiger partial charge is 0.262 e. The number of imide groups is 2. The fourth-order valence-electron chi connectivity index (χ4n) is 5.76. The van der Waals surface area contributed by atoms with Gasteiger partial charge in [0.05, 0.1) is 35.6 Å². The van der Waals surface area contributed by atoms with Gasteiger partial charge in [0.25, 0.3) is 11.8 Å². The summed E-state index contributed by atoms with van der Waals surface area (Å²) in [7, 11) is 1.99. The molecule has 0 aliphatic carbocycles. The molecule has 0 spiro atoms. The van der Waals surface area contributed by atoms with E-state index in [2.05, 4.69) is 25.9 Å². The number of nitrogens with one attached hydrogen (secondary N) is 1. The van der Waals surface area contributed by atoms with Gasteiger partial charge >= 0.3 is 0 Å². The van der Waals surface area contributed by atoms with Gasteiger partial charge in [0.15, 0.2) is 0 Å². The minimum atomic E-state index is -1.01. The monoisotopic (exact) mass is 620 g/mol. The Bertz CT molecular complexity index is 2020. The predicted molar refractivity (Wildman–Crippen MR) is 164 cm³/mol. The maximum absolute atomic E-state index is 13.0. The van der Waals surface area contributed by atoms with E-state index in [1.807, 2.05) is 31.4 Å². The lowest BCUT2D eigenvalue weighted by Gasteiger charge is -2.27. The van der Waals surface area contributed by atoms with Crippen LogP contribution in [0.15, 0.2) is 67.1 Å². The van der Waals surface area contributed by atoms with Crippen molar-refractivity contribution in [1.29, 1.82) is 0 Å². The van der Waals surface area contributed by atoms with Gasteiger partial charge in [-0.15, -0.1) is 0 Å². The van der Waals surface area contributed by atoms with E-state index in [0.29, 0.717) is 18.2 Å². The third kappa shape index (κ3) is 5.30. The van der Waals surface area contributed by atoms with Crippen molar-refractivity contribution in [2.45, 2.75) is 18.9 Å².